The van der Waals surface area contributed by atoms with Crippen LogP contribution in [0.2, 0.25) is 0 Å². The maximum atomic E-state index is 11.4. The number of hydrogen-bond donors (Lipinski definition) is 1. The molecule has 0 aromatic rings. The zero-order chi connectivity index (χ0) is 15.1. The fourth-order valence-electron chi connectivity index (χ4n) is 3.98. The molecule has 0 spiro atoms. The summed E-state index contributed by atoms with van der Waals surface area (Å²) in [7, 11) is 1.48. The first-order chi connectivity index (χ1) is 10.2. The molecule has 2 atom stereocenters. The summed E-state index contributed by atoms with van der Waals surface area (Å²) in [4.78, 5) is 14.0. The second kappa shape index (κ2) is 8.74. The van der Waals surface area contributed by atoms with Gasteiger partial charge in [0.05, 0.1) is 7.11 Å². The molecule has 122 valence electrons. The van der Waals surface area contributed by atoms with Gasteiger partial charge in [0, 0.05) is 31.6 Å². The van der Waals surface area contributed by atoms with Crippen LogP contribution >= 0.6 is 0 Å². The standard InChI is InChI=1S/C17H32N2O2/c1-3-10-19-12-14(8-9-17(20)21-2)11-16(13-19)18-15-6-4-5-7-15/h14-16,18H,3-13H2,1-2H3. The summed E-state index contributed by atoms with van der Waals surface area (Å²) in [6, 6.07) is 1.34. The Bertz CT molecular complexity index is 316. The molecule has 1 aliphatic carbocycles. The SMILES string of the molecule is CCCN1CC(CCC(=O)OC)CC(NC2CCCC2)C1. The topological polar surface area (TPSA) is 41.6 Å². The second-order valence-corrected chi connectivity index (χ2v) is 6.82. The van der Waals surface area contributed by atoms with Gasteiger partial charge in [0.2, 0.25) is 0 Å². The van der Waals surface area contributed by atoms with Gasteiger partial charge in [0.25, 0.3) is 0 Å². The number of hydrogen-bond acceptors (Lipinski definition) is 4. The van der Waals surface area contributed by atoms with Gasteiger partial charge >= 0.3 is 5.97 Å². The minimum atomic E-state index is -0.0667. The van der Waals surface area contributed by atoms with E-state index in [4.69, 9.17) is 4.74 Å². The van der Waals surface area contributed by atoms with Crippen molar-refractivity contribution in [2.24, 2.45) is 5.92 Å². The molecule has 1 saturated carbocycles. The molecule has 0 aromatic carbocycles. The molecule has 21 heavy (non-hydrogen) atoms. The van der Waals surface area contributed by atoms with Gasteiger partial charge in [-0.2, -0.15) is 0 Å². The van der Waals surface area contributed by atoms with Crippen molar-refractivity contribution in [1.29, 1.82) is 0 Å². The summed E-state index contributed by atoms with van der Waals surface area (Å²) >= 11 is 0. The lowest BCUT2D eigenvalue weighted by molar-refractivity contribution is -0.141. The van der Waals surface area contributed by atoms with E-state index in [9.17, 15) is 4.79 Å². The monoisotopic (exact) mass is 296 g/mol. The minimum absolute atomic E-state index is 0.0667. The van der Waals surface area contributed by atoms with Gasteiger partial charge in [-0.1, -0.05) is 19.8 Å². The third-order valence-electron chi connectivity index (χ3n) is 4.96. The van der Waals surface area contributed by atoms with E-state index in [1.54, 1.807) is 0 Å². The molecule has 1 aliphatic heterocycles. The van der Waals surface area contributed by atoms with Gasteiger partial charge < -0.3 is 15.0 Å². The molecule has 2 unspecified atom stereocenters. The van der Waals surface area contributed by atoms with Crippen LogP contribution in [-0.4, -0.2) is 49.7 Å². The van der Waals surface area contributed by atoms with Crippen molar-refractivity contribution in [2.75, 3.05) is 26.7 Å². The summed E-state index contributed by atoms with van der Waals surface area (Å²) in [6.45, 7) is 5.75. The maximum absolute atomic E-state index is 11.4. The Hall–Kier alpha value is -0.610. The van der Waals surface area contributed by atoms with E-state index in [0.29, 0.717) is 18.4 Å². The van der Waals surface area contributed by atoms with Crippen molar-refractivity contribution < 1.29 is 9.53 Å². The number of likely N-dealkylation sites (tertiary alicyclic amines) is 1. The van der Waals surface area contributed by atoms with Crippen molar-refractivity contribution in [3.05, 3.63) is 0 Å². The molecule has 1 N–H and O–H groups in total. The third-order valence-corrected chi connectivity index (χ3v) is 4.96. The number of rotatable bonds is 7. The zero-order valence-corrected chi connectivity index (χ0v) is 13.8. The molecule has 1 heterocycles. The van der Waals surface area contributed by atoms with Gasteiger partial charge in [-0.15, -0.1) is 0 Å². The predicted octanol–water partition coefficient (Wildman–Crippen LogP) is 2.57. The predicted molar refractivity (Wildman–Crippen MR) is 85.3 cm³/mol. The lowest BCUT2D eigenvalue weighted by Crippen LogP contribution is -2.51. The first kappa shape index (κ1) is 16.8. The normalized spacial score (nSPS) is 27.9. The van der Waals surface area contributed by atoms with Crippen LogP contribution in [0.1, 0.15) is 58.3 Å². The van der Waals surface area contributed by atoms with Crippen molar-refractivity contribution in [3.8, 4) is 0 Å². The lowest BCUT2D eigenvalue weighted by Gasteiger charge is -2.39. The highest BCUT2D eigenvalue weighted by atomic mass is 16.5. The number of methoxy groups -OCH3 is 1. The average Bonchev–Trinajstić information content (AvgIpc) is 2.98. The Kier molecular flexibility index (Phi) is 6.97. The van der Waals surface area contributed by atoms with E-state index < -0.39 is 0 Å². The largest absolute Gasteiger partial charge is 0.469 e. The zero-order valence-electron chi connectivity index (χ0n) is 13.8. The van der Waals surface area contributed by atoms with E-state index in [-0.39, 0.29) is 5.97 Å². The lowest BCUT2D eigenvalue weighted by atomic mass is 9.89. The first-order valence-electron chi connectivity index (χ1n) is 8.76. The van der Waals surface area contributed by atoms with Gasteiger partial charge in [-0.05, 0) is 44.6 Å². The fraction of sp³-hybridized carbons (Fsp3) is 0.941. The molecule has 4 nitrogen and oxygen atoms in total. The van der Waals surface area contributed by atoms with Gasteiger partial charge in [-0.3, -0.25) is 4.79 Å². The number of piperidine rings is 1. The van der Waals surface area contributed by atoms with Gasteiger partial charge in [0.1, 0.15) is 0 Å². The van der Waals surface area contributed by atoms with E-state index in [1.807, 2.05) is 0 Å². The van der Waals surface area contributed by atoms with Crippen molar-refractivity contribution >= 4 is 5.97 Å². The molecule has 0 radical (unpaired) electrons. The smallest absolute Gasteiger partial charge is 0.305 e. The highest BCUT2D eigenvalue weighted by Crippen LogP contribution is 2.25. The molecule has 2 aliphatic rings. The fourth-order valence-corrected chi connectivity index (χ4v) is 3.98. The summed E-state index contributed by atoms with van der Waals surface area (Å²) in [5, 5.41) is 3.88. The van der Waals surface area contributed by atoms with Crippen LogP contribution in [0.3, 0.4) is 0 Å². The highest BCUT2D eigenvalue weighted by molar-refractivity contribution is 5.69. The molecule has 2 rings (SSSR count). The number of nitrogens with one attached hydrogen (secondary N) is 1. The Morgan fingerprint density at radius 2 is 2.00 bits per heavy atom. The van der Waals surface area contributed by atoms with Crippen LogP contribution in [0.15, 0.2) is 0 Å². The average molecular weight is 296 g/mol. The third kappa shape index (κ3) is 5.59. The molecular formula is C17H32N2O2. The summed E-state index contributed by atoms with van der Waals surface area (Å²) in [5.74, 6) is 0.561. The van der Waals surface area contributed by atoms with E-state index in [0.717, 1.165) is 19.0 Å². The Morgan fingerprint density at radius 1 is 1.24 bits per heavy atom. The van der Waals surface area contributed by atoms with Crippen LogP contribution in [0.4, 0.5) is 0 Å². The van der Waals surface area contributed by atoms with Gasteiger partial charge in [0.15, 0.2) is 0 Å². The molecular weight excluding hydrogens is 264 g/mol. The quantitative estimate of drug-likeness (QED) is 0.733. The highest BCUT2D eigenvalue weighted by Gasteiger charge is 2.29. The van der Waals surface area contributed by atoms with E-state index in [2.05, 4.69) is 17.1 Å². The Labute approximate surface area is 129 Å². The second-order valence-electron chi connectivity index (χ2n) is 6.82. The number of nitrogens with zero attached hydrogens (tertiary/aromatic N) is 1. The number of esters is 1. The number of carbonyl (C=O) groups is 1. The number of carbonyl (C=O) groups excluding carboxylic acids is 1. The van der Waals surface area contributed by atoms with Crippen LogP contribution in [0, 0.1) is 5.92 Å². The Morgan fingerprint density at radius 3 is 2.67 bits per heavy atom. The van der Waals surface area contributed by atoms with Crippen molar-refractivity contribution in [2.45, 2.75) is 70.4 Å². The molecule has 0 aromatic heterocycles. The summed E-state index contributed by atoms with van der Waals surface area (Å²) in [5.41, 5.74) is 0. The van der Waals surface area contributed by atoms with Crippen molar-refractivity contribution in [1.82, 2.24) is 10.2 Å². The molecule has 0 bridgehead atoms. The van der Waals surface area contributed by atoms with E-state index in [1.165, 1.54) is 58.7 Å². The van der Waals surface area contributed by atoms with Crippen LogP contribution in [0.25, 0.3) is 0 Å². The van der Waals surface area contributed by atoms with Crippen LogP contribution in [-0.2, 0) is 9.53 Å². The molecule has 0 amide bonds. The van der Waals surface area contributed by atoms with E-state index >= 15 is 0 Å². The molecule has 2 fully saturated rings. The molecule has 4 heteroatoms. The first-order valence-corrected chi connectivity index (χ1v) is 8.76. The maximum Gasteiger partial charge on any atom is 0.305 e. The molecule has 1 saturated heterocycles. The van der Waals surface area contributed by atoms with Crippen LogP contribution in [0.5, 0.6) is 0 Å². The van der Waals surface area contributed by atoms with Gasteiger partial charge in [-0.25, -0.2) is 0 Å². The van der Waals surface area contributed by atoms with Crippen molar-refractivity contribution in [3.63, 3.8) is 0 Å². The van der Waals surface area contributed by atoms with Crippen LogP contribution < -0.4 is 5.32 Å². The summed E-state index contributed by atoms with van der Waals surface area (Å²) < 4.78 is 4.78. The summed E-state index contributed by atoms with van der Waals surface area (Å²) in [6.07, 6.45) is 9.42. The minimum Gasteiger partial charge on any atom is -0.469 e. The Balaban J connectivity index is 1.83. The number of ether oxygens (including phenoxy) is 1.